The summed E-state index contributed by atoms with van der Waals surface area (Å²) in [7, 11) is 1.98. The zero-order valence-electron chi connectivity index (χ0n) is 13.1. The molecule has 3 atom stereocenters. The molecule has 3 nitrogen and oxygen atoms in total. The van der Waals surface area contributed by atoms with Gasteiger partial charge in [-0.05, 0) is 57.2 Å². The molecule has 20 heavy (non-hydrogen) atoms. The second-order valence-electron chi connectivity index (χ2n) is 5.78. The lowest BCUT2D eigenvalue weighted by molar-refractivity contribution is 0.0899. The standard InChI is InChI=1S/C17H28N2O/c1-4-13-8-6-7-9-17(13)20-14-10-11-16(19-12-14)15(5-2)18-3/h10-13,15,17-18H,4-9H2,1-3H3. The van der Waals surface area contributed by atoms with Gasteiger partial charge in [-0.2, -0.15) is 0 Å². The molecule has 1 heterocycles. The Labute approximate surface area is 123 Å². The average molecular weight is 276 g/mol. The Hall–Kier alpha value is -1.09. The van der Waals surface area contributed by atoms with Crippen LogP contribution in [0.1, 0.15) is 64.1 Å². The lowest BCUT2D eigenvalue weighted by Gasteiger charge is -2.31. The van der Waals surface area contributed by atoms with Gasteiger partial charge in [0, 0.05) is 6.04 Å². The van der Waals surface area contributed by atoms with Gasteiger partial charge in [-0.25, -0.2) is 0 Å². The summed E-state index contributed by atoms with van der Waals surface area (Å²) >= 11 is 0. The van der Waals surface area contributed by atoms with Crippen LogP contribution in [-0.4, -0.2) is 18.1 Å². The molecule has 0 bridgehead atoms. The van der Waals surface area contributed by atoms with Crippen molar-refractivity contribution in [3.05, 3.63) is 24.0 Å². The van der Waals surface area contributed by atoms with E-state index in [1.165, 1.54) is 32.1 Å². The number of aromatic nitrogens is 1. The molecule has 1 N–H and O–H groups in total. The molecule has 0 aliphatic heterocycles. The maximum atomic E-state index is 6.18. The fourth-order valence-corrected chi connectivity index (χ4v) is 3.20. The molecule has 0 radical (unpaired) electrons. The summed E-state index contributed by atoms with van der Waals surface area (Å²) in [4.78, 5) is 4.55. The van der Waals surface area contributed by atoms with Crippen LogP contribution < -0.4 is 10.1 Å². The molecule has 1 fully saturated rings. The van der Waals surface area contributed by atoms with Gasteiger partial charge in [0.15, 0.2) is 0 Å². The molecule has 1 aliphatic carbocycles. The second-order valence-corrected chi connectivity index (χ2v) is 5.78. The maximum absolute atomic E-state index is 6.18. The summed E-state index contributed by atoms with van der Waals surface area (Å²) in [6, 6.07) is 4.50. The first-order valence-corrected chi connectivity index (χ1v) is 8.08. The van der Waals surface area contributed by atoms with Crippen LogP contribution in [0.3, 0.4) is 0 Å². The van der Waals surface area contributed by atoms with Crippen molar-refractivity contribution in [1.82, 2.24) is 10.3 Å². The molecule has 112 valence electrons. The summed E-state index contributed by atoms with van der Waals surface area (Å²) in [5.41, 5.74) is 1.10. The van der Waals surface area contributed by atoms with E-state index in [1.54, 1.807) is 0 Å². The highest BCUT2D eigenvalue weighted by molar-refractivity contribution is 5.22. The summed E-state index contributed by atoms with van der Waals surface area (Å²) < 4.78 is 6.18. The third-order valence-electron chi connectivity index (χ3n) is 4.52. The summed E-state index contributed by atoms with van der Waals surface area (Å²) in [5.74, 6) is 1.63. The molecule has 1 aliphatic rings. The Morgan fingerprint density at radius 2 is 2.10 bits per heavy atom. The molecular weight excluding hydrogens is 248 g/mol. The van der Waals surface area contributed by atoms with E-state index in [2.05, 4.69) is 36.3 Å². The lowest BCUT2D eigenvalue weighted by atomic mass is 9.85. The van der Waals surface area contributed by atoms with Crippen LogP contribution in [0.5, 0.6) is 5.75 Å². The van der Waals surface area contributed by atoms with E-state index in [4.69, 9.17) is 4.74 Å². The minimum Gasteiger partial charge on any atom is -0.489 e. The van der Waals surface area contributed by atoms with Gasteiger partial charge in [0.05, 0.1) is 11.9 Å². The highest BCUT2D eigenvalue weighted by Crippen LogP contribution is 2.30. The molecular formula is C17H28N2O. The van der Waals surface area contributed by atoms with Gasteiger partial charge in [-0.3, -0.25) is 4.98 Å². The molecule has 0 aromatic carbocycles. The predicted octanol–water partition coefficient (Wildman–Crippen LogP) is 4.10. The minimum absolute atomic E-state index is 0.335. The quantitative estimate of drug-likeness (QED) is 0.849. The first-order valence-electron chi connectivity index (χ1n) is 8.08. The van der Waals surface area contributed by atoms with Crippen LogP contribution >= 0.6 is 0 Å². The van der Waals surface area contributed by atoms with E-state index in [0.29, 0.717) is 18.1 Å². The Bertz CT molecular complexity index is 386. The molecule has 0 saturated heterocycles. The van der Waals surface area contributed by atoms with Crippen LogP contribution in [0, 0.1) is 5.92 Å². The van der Waals surface area contributed by atoms with Crippen LogP contribution in [0.4, 0.5) is 0 Å². The van der Waals surface area contributed by atoms with Crippen molar-refractivity contribution in [3.8, 4) is 5.75 Å². The first kappa shape index (κ1) is 15.3. The fraction of sp³-hybridized carbons (Fsp3) is 0.706. The van der Waals surface area contributed by atoms with Crippen LogP contribution in [0.15, 0.2) is 18.3 Å². The number of hydrogen-bond donors (Lipinski definition) is 1. The molecule has 3 heteroatoms. The van der Waals surface area contributed by atoms with Crippen molar-refractivity contribution in [1.29, 1.82) is 0 Å². The SMILES string of the molecule is CCC(NC)c1ccc(OC2CCCCC2CC)cn1. The van der Waals surface area contributed by atoms with E-state index >= 15 is 0 Å². The zero-order valence-corrected chi connectivity index (χ0v) is 13.1. The number of nitrogens with zero attached hydrogens (tertiary/aromatic N) is 1. The van der Waals surface area contributed by atoms with Crippen LogP contribution in [0.2, 0.25) is 0 Å². The first-order chi connectivity index (χ1) is 9.78. The third-order valence-corrected chi connectivity index (χ3v) is 4.52. The summed E-state index contributed by atoms with van der Waals surface area (Å²) in [6.07, 6.45) is 9.68. The Balaban J connectivity index is 1.99. The monoisotopic (exact) mass is 276 g/mol. The maximum Gasteiger partial charge on any atom is 0.138 e. The minimum atomic E-state index is 0.335. The van der Waals surface area contributed by atoms with E-state index in [1.807, 2.05) is 13.2 Å². The largest absolute Gasteiger partial charge is 0.489 e. The fourth-order valence-electron chi connectivity index (χ4n) is 3.20. The van der Waals surface area contributed by atoms with E-state index < -0.39 is 0 Å². The van der Waals surface area contributed by atoms with Gasteiger partial charge >= 0.3 is 0 Å². The molecule has 0 spiro atoms. The highest BCUT2D eigenvalue weighted by atomic mass is 16.5. The van der Waals surface area contributed by atoms with Gasteiger partial charge in [0.2, 0.25) is 0 Å². The number of nitrogens with one attached hydrogen (secondary N) is 1. The second kappa shape index (κ2) is 7.63. The van der Waals surface area contributed by atoms with Gasteiger partial charge in [0.1, 0.15) is 11.9 Å². The number of pyridine rings is 1. The number of hydrogen-bond acceptors (Lipinski definition) is 3. The Morgan fingerprint density at radius 3 is 2.70 bits per heavy atom. The zero-order chi connectivity index (χ0) is 14.4. The van der Waals surface area contributed by atoms with Crippen molar-refractivity contribution < 1.29 is 4.74 Å². The molecule has 1 saturated carbocycles. The number of ether oxygens (including phenoxy) is 1. The molecule has 2 rings (SSSR count). The normalized spacial score (nSPS) is 24.4. The molecule has 3 unspecified atom stereocenters. The van der Waals surface area contributed by atoms with Gasteiger partial charge in [-0.1, -0.05) is 20.3 Å². The van der Waals surface area contributed by atoms with Gasteiger partial charge in [0.25, 0.3) is 0 Å². The predicted molar refractivity (Wildman–Crippen MR) is 83.0 cm³/mol. The van der Waals surface area contributed by atoms with E-state index in [0.717, 1.165) is 17.9 Å². The Morgan fingerprint density at radius 1 is 1.30 bits per heavy atom. The van der Waals surface area contributed by atoms with Gasteiger partial charge in [-0.15, -0.1) is 0 Å². The Kier molecular flexibility index (Phi) is 5.84. The lowest BCUT2D eigenvalue weighted by Crippen LogP contribution is -2.30. The smallest absolute Gasteiger partial charge is 0.138 e. The molecule has 0 amide bonds. The van der Waals surface area contributed by atoms with Crippen molar-refractivity contribution in [2.75, 3.05) is 7.05 Å². The van der Waals surface area contributed by atoms with Crippen LogP contribution in [0.25, 0.3) is 0 Å². The highest BCUT2D eigenvalue weighted by Gasteiger charge is 2.25. The number of rotatable bonds is 6. The van der Waals surface area contributed by atoms with Crippen LogP contribution in [-0.2, 0) is 0 Å². The topological polar surface area (TPSA) is 34.1 Å². The van der Waals surface area contributed by atoms with E-state index in [-0.39, 0.29) is 0 Å². The third kappa shape index (κ3) is 3.72. The molecule has 1 aromatic heterocycles. The van der Waals surface area contributed by atoms with E-state index in [9.17, 15) is 0 Å². The van der Waals surface area contributed by atoms with Gasteiger partial charge < -0.3 is 10.1 Å². The average Bonchev–Trinajstić information content (AvgIpc) is 2.51. The molecule has 1 aromatic rings. The summed E-state index contributed by atoms with van der Waals surface area (Å²) in [6.45, 7) is 4.44. The van der Waals surface area contributed by atoms with Crippen molar-refractivity contribution >= 4 is 0 Å². The summed E-state index contributed by atoms with van der Waals surface area (Å²) in [5, 5.41) is 3.28. The van der Waals surface area contributed by atoms with Crippen molar-refractivity contribution in [2.45, 2.75) is 64.5 Å². The van der Waals surface area contributed by atoms with Crippen molar-refractivity contribution in [3.63, 3.8) is 0 Å². The van der Waals surface area contributed by atoms with Crippen molar-refractivity contribution in [2.24, 2.45) is 5.92 Å².